The highest BCUT2D eigenvalue weighted by Gasteiger charge is 2.21. The third-order valence-electron chi connectivity index (χ3n) is 4.42. The van der Waals surface area contributed by atoms with Gasteiger partial charge in [-0.1, -0.05) is 29.8 Å². The first-order chi connectivity index (χ1) is 13.8. The van der Waals surface area contributed by atoms with Crippen LogP contribution in [0.15, 0.2) is 77.7 Å². The van der Waals surface area contributed by atoms with Crippen molar-refractivity contribution in [2.75, 3.05) is 18.5 Å². The number of ether oxygens (including phenoxy) is 2. The molecule has 0 N–H and O–H groups in total. The van der Waals surface area contributed by atoms with Crippen molar-refractivity contribution in [1.82, 2.24) is 0 Å². The zero-order valence-electron chi connectivity index (χ0n) is 16.3. The molecule has 7 heteroatoms. The smallest absolute Gasteiger partial charge is 0.343 e. The van der Waals surface area contributed by atoms with Gasteiger partial charge in [-0.2, -0.15) is 0 Å². The summed E-state index contributed by atoms with van der Waals surface area (Å²) in [6.07, 6.45) is 0. The van der Waals surface area contributed by atoms with Crippen LogP contribution in [-0.4, -0.2) is 28.5 Å². The van der Waals surface area contributed by atoms with Crippen molar-refractivity contribution in [3.8, 4) is 11.5 Å². The van der Waals surface area contributed by atoms with Crippen LogP contribution < -0.4 is 13.8 Å². The summed E-state index contributed by atoms with van der Waals surface area (Å²) in [4.78, 5) is 12.6. The second-order valence-corrected chi connectivity index (χ2v) is 8.34. The third-order valence-corrected chi connectivity index (χ3v) is 6.22. The molecule has 0 saturated heterocycles. The van der Waals surface area contributed by atoms with Crippen LogP contribution in [0.5, 0.6) is 11.5 Å². The van der Waals surface area contributed by atoms with Crippen molar-refractivity contribution in [2.24, 2.45) is 0 Å². The van der Waals surface area contributed by atoms with E-state index in [0.29, 0.717) is 22.7 Å². The summed E-state index contributed by atoms with van der Waals surface area (Å²) in [7, 11) is -0.737. The second kappa shape index (κ2) is 8.36. The molecule has 0 saturated carbocycles. The molecule has 0 fully saturated rings. The molecule has 0 atom stereocenters. The standard InChI is InChI=1S/C22H21NO5S/c1-16-8-14-19(15-9-16)29(25,26)23(2)18-12-10-17(11-13-18)22(24)28-21-7-5-4-6-20(21)27-3/h4-15H,1-3H3. The van der Waals surface area contributed by atoms with Crippen LogP contribution in [0, 0.1) is 6.92 Å². The Labute approximate surface area is 170 Å². The highest BCUT2D eigenvalue weighted by atomic mass is 32.2. The average Bonchev–Trinajstić information content (AvgIpc) is 2.74. The van der Waals surface area contributed by atoms with Crippen LogP contribution >= 0.6 is 0 Å². The topological polar surface area (TPSA) is 72.9 Å². The fraction of sp³-hybridized carbons (Fsp3) is 0.136. The molecule has 6 nitrogen and oxygen atoms in total. The second-order valence-electron chi connectivity index (χ2n) is 6.37. The van der Waals surface area contributed by atoms with Crippen molar-refractivity contribution >= 4 is 21.7 Å². The van der Waals surface area contributed by atoms with Gasteiger partial charge in [-0.25, -0.2) is 13.2 Å². The molecule has 0 aliphatic heterocycles. The lowest BCUT2D eigenvalue weighted by Crippen LogP contribution is -2.26. The molecule has 0 radical (unpaired) electrons. The minimum atomic E-state index is -3.70. The van der Waals surface area contributed by atoms with Crippen molar-refractivity contribution in [3.05, 3.63) is 83.9 Å². The molecule has 0 unspecified atom stereocenters. The quantitative estimate of drug-likeness (QED) is 0.452. The predicted molar refractivity (Wildman–Crippen MR) is 111 cm³/mol. The van der Waals surface area contributed by atoms with Gasteiger partial charge in [0.15, 0.2) is 11.5 Å². The number of methoxy groups -OCH3 is 1. The van der Waals surface area contributed by atoms with E-state index in [1.807, 2.05) is 6.92 Å². The number of hydrogen-bond donors (Lipinski definition) is 0. The number of benzene rings is 3. The van der Waals surface area contributed by atoms with E-state index in [9.17, 15) is 13.2 Å². The number of para-hydroxylation sites is 2. The molecular formula is C22H21NO5S. The van der Waals surface area contributed by atoms with Crippen LogP contribution in [0.1, 0.15) is 15.9 Å². The molecular weight excluding hydrogens is 390 g/mol. The Bertz CT molecular complexity index is 1110. The normalized spacial score (nSPS) is 11.0. The van der Waals surface area contributed by atoms with E-state index in [2.05, 4.69) is 0 Å². The summed E-state index contributed by atoms with van der Waals surface area (Å²) in [5.74, 6) is 0.189. The van der Waals surface area contributed by atoms with E-state index < -0.39 is 16.0 Å². The Morgan fingerprint density at radius 2 is 1.45 bits per heavy atom. The van der Waals surface area contributed by atoms with Crippen molar-refractivity contribution in [1.29, 1.82) is 0 Å². The maximum absolute atomic E-state index is 12.8. The number of aryl methyl sites for hydroxylation is 1. The Hall–Kier alpha value is -3.32. The highest BCUT2D eigenvalue weighted by molar-refractivity contribution is 7.92. The number of carbonyl (C=O) groups is 1. The predicted octanol–water partition coefficient (Wildman–Crippen LogP) is 4.05. The fourth-order valence-electron chi connectivity index (χ4n) is 2.68. The summed E-state index contributed by atoms with van der Waals surface area (Å²) in [5, 5.41) is 0. The molecule has 0 aliphatic carbocycles. The van der Waals surface area contributed by atoms with Crippen LogP contribution in [0.4, 0.5) is 5.69 Å². The zero-order chi connectivity index (χ0) is 21.0. The molecule has 29 heavy (non-hydrogen) atoms. The molecule has 3 rings (SSSR count). The fourth-order valence-corrected chi connectivity index (χ4v) is 3.87. The molecule has 0 heterocycles. The summed E-state index contributed by atoms with van der Waals surface area (Å²) in [6, 6.07) is 19.6. The molecule has 3 aromatic rings. The van der Waals surface area contributed by atoms with Crippen LogP contribution in [-0.2, 0) is 10.0 Å². The number of sulfonamides is 1. The summed E-state index contributed by atoms with van der Waals surface area (Å²) in [5.41, 5.74) is 1.70. The maximum atomic E-state index is 12.8. The molecule has 0 bridgehead atoms. The Morgan fingerprint density at radius 3 is 2.03 bits per heavy atom. The van der Waals surface area contributed by atoms with Gasteiger partial charge in [0.25, 0.3) is 10.0 Å². The Kier molecular flexibility index (Phi) is 5.89. The minimum absolute atomic E-state index is 0.199. The van der Waals surface area contributed by atoms with Crippen molar-refractivity contribution in [3.63, 3.8) is 0 Å². The first kappa shape index (κ1) is 20.4. The lowest BCUT2D eigenvalue weighted by atomic mass is 10.2. The van der Waals surface area contributed by atoms with E-state index in [1.54, 1.807) is 60.7 Å². The largest absolute Gasteiger partial charge is 0.493 e. The number of carbonyl (C=O) groups excluding carboxylic acids is 1. The van der Waals surface area contributed by atoms with E-state index in [-0.39, 0.29) is 4.90 Å². The lowest BCUT2D eigenvalue weighted by Gasteiger charge is -2.20. The van der Waals surface area contributed by atoms with Gasteiger partial charge in [0.05, 0.1) is 23.3 Å². The number of esters is 1. The molecule has 0 aromatic heterocycles. The molecule has 3 aromatic carbocycles. The summed E-state index contributed by atoms with van der Waals surface area (Å²) >= 11 is 0. The van der Waals surface area contributed by atoms with Crippen LogP contribution in [0.25, 0.3) is 0 Å². The summed E-state index contributed by atoms with van der Waals surface area (Å²) < 4.78 is 37.3. The zero-order valence-corrected chi connectivity index (χ0v) is 17.1. The van der Waals surface area contributed by atoms with Gasteiger partial charge in [0.2, 0.25) is 0 Å². The number of anilines is 1. The first-order valence-corrected chi connectivity index (χ1v) is 10.3. The van der Waals surface area contributed by atoms with Crippen molar-refractivity contribution < 1.29 is 22.7 Å². The monoisotopic (exact) mass is 411 g/mol. The number of nitrogens with zero attached hydrogens (tertiary/aromatic N) is 1. The highest BCUT2D eigenvalue weighted by Crippen LogP contribution is 2.27. The van der Waals surface area contributed by atoms with E-state index in [4.69, 9.17) is 9.47 Å². The summed E-state index contributed by atoms with van der Waals surface area (Å²) in [6.45, 7) is 1.89. The lowest BCUT2D eigenvalue weighted by molar-refractivity contribution is 0.0729. The SMILES string of the molecule is COc1ccccc1OC(=O)c1ccc(N(C)S(=O)(=O)c2ccc(C)cc2)cc1. The van der Waals surface area contributed by atoms with E-state index in [0.717, 1.165) is 5.56 Å². The van der Waals surface area contributed by atoms with Crippen LogP contribution in [0.2, 0.25) is 0 Å². The minimum Gasteiger partial charge on any atom is -0.493 e. The average molecular weight is 411 g/mol. The molecule has 0 aliphatic rings. The van der Waals surface area contributed by atoms with Crippen LogP contribution in [0.3, 0.4) is 0 Å². The third kappa shape index (κ3) is 4.41. The van der Waals surface area contributed by atoms with E-state index >= 15 is 0 Å². The number of hydrogen-bond acceptors (Lipinski definition) is 5. The molecule has 0 amide bonds. The van der Waals surface area contributed by atoms with Crippen molar-refractivity contribution in [2.45, 2.75) is 11.8 Å². The van der Waals surface area contributed by atoms with Gasteiger partial charge in [-0.3, -0.25) is 4.31 Å². The van der Waals surface area contributed by atoms with Gasteiger partial charge in [0.1, 0.15) is 0 Å². The molecule has 150 valence electrons. The molecule has 0 spiro atoms. The number of rotatable bonds is 6. The van der Waals surface area contributed by atoms with Gasteiger partial charge in [-0.05, 0) is 55.5 Å². The van der Waals surface area contributed by atoms with Gasteiger partial charge in [0, 0.05) is 7.05 Å². The Morgan fingerprint density at radius 1 is 0.862 bits per heavy atom. The van der Waals surface area contributed by atoms with E-state index in [1.165, 1.54) is 30.6 Å². The Balaban J connectivity index is 1.78. The first-order valence-electron chi connectivity index (χ1n) is 8.84. The van der Waals surface area contributed by atoms with Gasteiger partial charge < -0.3 is 9.47 Å². The maximum Gasteiger partial charge on any atom is 0.343 e. The van der Waals surface area contributed by atoms with Gasteiger partial charge in [-0.15, -0.1) is 0 Å². The van der Waals surface area contributed by atoms with Gasteiger partial charge >= 0.3 is 5.97 Å².